The average molecular weight is 303 g/mol. The van der Waals surface area contributed by atoms with Crippen molar-refractivity contribution in [2.75, 3.05) is 24.6 Å². The SMILES string of the molecule is CC1CN(c2ccc(C(F)(F)F)cc2/C(N)=N/O)CCO1. The van der Waals surface area contributed by atoms with Crippen LogP contribution in [-0.4, -0.2) is 36.8 Å². The molecule has 1 aromatic rings. The van der Waals surface area contributed by atoms with E-state index in [0.29, 0.717) is 25.4 Å². The first kappa shape index (κ1) is 15.4. The standard InChI is InChI=1S/C13H16F3N3O2/c1-8-7-19(4-5-21-8)11-3-2-9(13(14,15)16)6-10(11)12(17)18-20/h2-3,6,8,20H,4-5,7H2,1H3,(H2,17,18). The topological polar surface area (TPSA) is 71.1 Å². The molecular formula is C13H16F3N3O2. The van der Waals surface area contributed by atoms with Gasteiger partial charge >= 0.3 is 6.18 Å². The Balaban J connectivity index is 2.45. The number of alkyl halides is 3. The van der Waals surface area contributed by atoms with Gasteiger partial charge in [0.1, 0.15) is 0 Å². The summed E-state index contributed by atoms with van der Waals surface area (Å²) in [4.78, 5) is 1.86. The Morgan fingerprint density at radius 2 is 2.19 bits per heavy atom. The maximum atomic E-state index is 12.8. The van der Waals surface area contributed by atoms with E-state index < -0.39 is 11.7 Å². The van der Waals surface area contributed by atoms with Crippen LogP contribution < -0.4 is 10.6 Å². The largest absolute Gasteiger partial charge is 0.416 e. The molecule has 1 atom stereocenters. The van der Waals surface area contributed by atoms with E-state index in [1.165, 1.54) is 6.07 Å². The maximum absolute atomic E-state index is 12.8. The van der Waals surface area contributed by atoms with Crippen molar-refractivity contribution in [1.29, 1.82) is 0 Å². The fourth-order valence-corrected chi connectivity index (χ4v) is 2.28. The molecule has 0 aromatic heterocycles. The zero-order valence-electron chi connectivity index (χ0n) is 11.4. The van der Waals surface area contributed by atoms with Gasteiger partial charge in [-0.05, 0) is 25.1 Å². The fourth-order valence-electron chi connectivity index (χ4n) is 2.28. The van der Waals surface area contributed by atoms with Crippen molar-refractivity contribution in [3.8, 4) is 0 Å². The molecule has 0 spiro atoms. The van der Waals surface area contributed by atoms with Crippen molar-refractivity contribution in [2.45, 2.75) is 19.2 Å². The summed E-state index contributed by atoms with van der Waals surface area (Å²) >= 11 is 0. The van der Waals surface area contributed by atoms with E-state index in [-0.39, 0.29) is 17.5 Å². The van der Waals surface area contributed by atoms with Crippen molar-refractivity contribution in [2.24, 2.45) is 10.9 Å². The molecule has 0 aliphatic carbocycles. The van der Waals surface area contributed by atoms with E-state index in [0.717, 1.165) is 12.1 Å². The van der Waals surface area contributed by atoms with Crippen LogP contribution in [-0.2, 0) is 10.9 Å². The molecular weight excluding hydrogens is 287 g/mol. The fraction of sp³-hybridized carbons (Fsp3) is 0.462. The van der Waals surface area contributed by atoms with Crippen LogP contribution in [0.25, 0.3) is 0 Å². The number of hydrogen-bond donors (Lipinski definition) is 2. The van der Waals surface area contributed by atoms with Crippen LogP contribution in [0.3, 0.4) is 0 Å². The third-order valence-corrected chi connectivity index (χ3v) is 3.29. The molecule has 1 aliphatic rings. The maximum Gasteiger partial charge on any atom is 0.416 e. The summed E-state index contributed by atoms with van der Waals surface area (Å²) in [5.74, 6) is -0.352. The van der Waals surface area contributed by atoms with Crippen molar-refractivity contribution in [3.63, 3.8) is 0 Å². The van der Waals surface area contributed by atoms with Crippen molar-refractivity contribution < 1.29 is 23.1 Å². The first-order valence-corrected chi connectivity index (χ1v) is 6.38. The van der Waals surface area contributed by atoms with Gasteiger partial charge in [0.2, 0.25) is 0 Å². The molecule has 0 saturated carbocycles. The lowest BCUT2D eigenvalue weighted by atomic mass is 10.1. The number of halogens is 3. The van der Waals surface area contributed by atoms with E-state index in [2.05, 4.69) is 5.16 Å². The molecule has 8 heteroatoms. The molecule has 1 aromatic carbocycles. The minimum atomic E-state index is -4.48. The first-order valence-electron chi connectivity index (χ1n) is 6.38. The van der Waals surface area contributed by atoms with Gasteiger partial charge in [0.25, 0.3) is 0 Å². The van der Waals surface area contributed by atoms with Gasteiger partial charge in [-0.25, -0.2) is 0 Å². The predicted molar refractivity (Wildman–Crippen MR) is 71.6 cm³/mol. The number of hydrogen-bond acceptors (Lipinski definition) is 4. The summed E-state index contributed by atoms with van der Waals surface area (Å²) < 4.78 is 43.8. The second-order valence-electron chi connectivity index (χ2n) is 4.84. The zero-order valence-corrected chi connectivity index (χ0v) is 11.4. The van der Waals surface area contributed by atoms with Gasteiger partial charge in [0, 0.05) is 24.3 Å². The molecule has 21 heavy (non-hydrogen) atoms. The van der Waals surface area contributed by atoms with Gasteiger partial charge in [0.15, 0.2) is 5.84 Å². The lowest BCUT2D eigenvalue weighted by Gasteiger charge is -2.34. The highest BCUT2D eigenvalue weighted by molar-refractivity contribution is 6.02. The minimum absolute atomic E-state index is 0.0406. The average Bonchev–Trinajstić information content (AvgIpc) is 2.45. The van der Waals surface area contributed by atoms with Gasteiger partial charge in [-0.3, -0.25) is 0 Å². The van der Waals surface area contributed by atoms with Crippen molar-refractivity contribution in [1.82, 2.24) is 0 Å². The van der Waals surface area contributed by atoms with E-state index >= 15 is 0 Å². The summed E-state index contributed by atoms with van der Waals surface area (Å²) in [7, 11) is 0. The molecule has 1 saturated heterocycles. The number of nitrogens with zero attached hydrogens (tertiary/aromatic N) is 2. The van der Waals surface area contributed by atoms with Crippen LogP contribution in [0.5, 0.6) is 0 Å². The molecule has 3 N–H and O–H groups in total. The van der Waals surface area contributed by atoms with E-state index in [1.807, 2.05) is 11.8 Å². The smallest absolute Gasteiger partial charge is 0.409 e. The number of morpholine rings is 1. The number of rotatable bonds is 2. The summed E-state index contributed by atoms with van der Waals surface area (Å²) in [5, 5.41) is 11.6. The highest BCUT2D eigenvalue weighted by atomic mass is 19.4. The number of benzene rings is 1. The van der Waals surface area contributed by atoms with Gasteiger partial charge < -0.3 is 20.6 Å². The van der Waals surface area contributed by atoms with Crippen molar-refractivity contribution in [3.05, 3.63) is 29.3 Å². The second-order valence-corrected chi connectivity index (χ2v) is 4.84. The second kappa shape index (κ2) is 5.80. The number of amidine groups is 1. The quantitative estimate of drug-likeness (QED) is 0.379. The molecule has 1 aliphatic heterocycles. The molecule has 1 unspecified atom stereocenters. The summed E-state index contributed by atoms with van der Waals surface area (Å²) in [6, 6.07) is 3.22. The predicted octanol–water partition coefficient (Wildman–Crippen LogP) is 2.02. The van der Waals surface area contributed by atoms with Crippen LogP contribution in [0.15, 0.2) is 23.4 Å². The molecule has 116 valence electrons. The third-order valence-electron chi connectivity index (χ3n) is 3.29. The lowest BCUT2D eigenvalue weighted by molar-refractivity contribution is -0.137. The van der Waals surface area contributed by atoms with Crippen molar-refractivity contribution >= 4 is 11.5 Å². The highest BCUT2D eigenvalue weighted by Crippen LogP contribution is 2.33. The molecule has 1 fully saturated rings. The number of nitrogens with two attached hydrogens (primary N) is 1. The summed E-state index contributed by atoms with van der Waals surface area (Å²) in [6.07, 6.45) is -4.53. The molecule has 1 heterocycles. The highest BCUT2D eigenvalue weighted by Gasteiger charge is 2.32. The molecule has 0 bridgehead atoms. The van der Waals surface area contributed by atoms with Crippen LogP contribution in [0.2, 0.25) is 0 Å². The Hall–Kier alpha value is -1.96. The lowest BCUT2D eigenvalue weighted by Crippen LogP contribution is -2.42. The Bertz CT molecular complexity index is 546. The Labute approximate surface area is 119 Å². The van der Waals surface area contributed by atoms with E-state index in [9.17, 15) is 13.2 Å². The van der Waals surface area contributed by atoms with Crippen LogP contribution >= 0.6 is 0 Å². The molecule has 2 rings (SSSR count). The van der Waals surface area contributed by atoms with E-state index in [1.54, 1.807) is 0 Å². The van der Waals surface area contributed by atoms with Gasteiger partial charge in [-0.1, -0.05) is 5.16 Å². The molecule has 5 nitrogen and oxygen atoms in total. The Morgan fingerprint density at radius 3 is 2.76 bits per heavy atom. The van der Waals surface area contributed by atoms with Crippen LogP contribution in [0, 0.1) is 0 Å². The van der Waals surface area contributed by atoms with E-state index in [4.69, 9.17) is 15.7 Å². The summed E-state index contributed by atoms with van der Waals surface area (Å²) in [5.41, 5.74) is 5.24. The molecule has 0 radical (unpaired) electrons. The van der Waals surface area contributed by atoms with Crippen LogP contribution in [0.4, 0.5) is 18.9 Å². The first-order chi connectivity index (χ1) is 9.82. The van der Waals surface area contributed by atoms with Gasteiger partial charge in [0.05, 0.1) is 18.3 Å². The van der Waals surface area contributed by atoms with Gasteiger partial charge in [-0.2, -0.15) is 13.2 Å². The number of oxime groups is 1. The zero-order chi connectivity index (χ0) is 15.6. The van der Waals surface area contributed by atoms with Crippen LogP contribution in [0.1, 0.15) is 18.1 Å². The number of anilines is 1. The minimum Gasteiger partial charge on any atom is -0.409 e. The Morgan fingerprint density at radius 1 is 1.48 bits per heavy atom. The van der Waals surface area contributed by atoms with Gasteiger partial charge in [-0.15, -0.1) is 0 Å². The number of ether oxygens (including phenoxy) is 1. The normalized spacial score (nSPS) is 20.7. The Kier molecular flexibility index (Phi) is 4.26. The summed E-state index contributed by atoms with van der Waals surface area (Å²) in [6.45, 7) is 3.40. The third kappa shape index (κ3) is 3.38. The molecule has 0 amide bonds. The monoisotopic (exact) mass is 303 g/mol.